The molecule has 0 aliphatic carbocycles. The van der Waals surface area contributed by atoms with E-state index >= 15 is 0 Å². The highest BCUT2D eigenvalue weighted by atomic mass is 16.5. The number of nitrogens with zero attached hydrogens (tertiary/aromatic N) is 3. The predicted molar refractivity (Wildman–Crippen MR) is 82.4 cm³/mol. The third-order valence-electron chi connectivity index (χ3n) is 3.84. The zero-order chi connectivity index (χ0) is 16.1. The molecule has 122 valence electrons. The molecule has 0 radical (unpaired) electrons. The highest BCUT2D eigenvalue weighted by Crippen LogP contribution is 2.16. The maximum absolute atomic E-state index is 12.0. The number of aryl methyl sites for hydroxylation is 1. The van der Waals surface area contributed by atoms with Crippen LogP contribution in [0.2, 0.25) is 0 Å². The number of amides is 1. The molecule has 0 bridgehead atoms. The van der Waals surface area contributed by atoms with E-state index in [1.165, 1.54) is 0 Å². The summed E-state index contributed by atoms with van der Waals surface area (Å²) >= 11 is 0. The molecule has 0 unspecified atom stereocenters. The van der Waals surface area contributed by atoms with E-state index in [1.807, 2.05) is 25.1 Å². The second kappa shape index (κ2) is 7.32. The van der Waals surface area contributed by atoms with Crippen LogP contribution in [-0.2, 0) is 16.0 Å². The van der Waals surface area contributed by atoms with E-state index in [2.05, 4.69) is 20.4 Å². The molecule has 2 aromatic rings. The Kier molecular flexibility index (Phi) is 4.97. The van der Waals surface area contributed by atoms with Gasteiger partial charge in [-0.25, -0.2) is 0 Å². The Morgan fingerprint density at radius 3 is 3.13 bits per heavy atom. The van der Waals surface area contributed by atoms with E-state index in [0.717, 1.165) is 19.4 Å². The van der Waals surface area contributed by atoms with E-state index < -0.39 is 0 Å². The van der Waals surface area contributed by atoms with Crippen molar-refractivity contribution in [1.82, 2.24) is 20.4 Å². The third kappa shape index (κ3) is 4.13. The smallest absolute Gasteiger partial charge is 0.227 e. The minimum Gasteiger partial charge on any atom is -0.376 e. The average molecular weight is 316 g/mol. The monoisotopic (exact) mass is 316 g/mol. The molecule has 1 amide bonds. The Morgan fingerprint density at radius 1 is 1.48 bits per heavy atom. The first kappa shape index (κ1) is 15.6. The normalized spacial score (nSPS) is 18.7. The Labute approximate surface area is 134 Å². The molecular weight excluding hydrogens is 296 g/mol. The van der Waals surface area contributed by atoms with Crippen LogP contribution in [0.25, 0.3) is 11.5 Å². The first-order valence-electron chi connectivity index (χ1n) is 7.87. The standard InChI is InChI=1S/C16H20N4O3/c1-11(13-6-4-10-22-13)18-14(21)7-8-15-19-16(20-23-15)12-5-2-3-9-17-12/h2-3,5,9,11,13H,4,6-8,10H2,1H3,(H,18,21)/t11-,13-/m0/s1. The van der Waals surface area contributed by atoms with Gasteiger partial charge in [0.05, 0.1) is 12.1 Å². The molecule has 3 rings (SSSR count). The van der Waals surface area contributed by atoms with Crippen LogP contribution in [0.4, 0.5) is 0 Å². The van der Waals surface area contributed by atoms with Crippen molar-refractivity contribution in [2.24, 2.45) is 0 Å². The molecular formula is C16H20N4O3. The van der Waals surface area contributed by atoms with Crippen molar-refractivity contribution in [1.29, 1.82) is 0 Å². The number of aromatic nitrogens is 3. The van der Waals surface area contributed by atoms with E-state index in [4.69, 9.17) is 9.26 Å². The Bertz CT molecular complexity index is 638. The van der Waals surface area contributed by atoms with Gasteiger partial charge in [0.25, 0.3) is 0 Å². The Balaban J connectivity index is 1.48. The first-order valence-corrected chi connectivity index (χ1v) is 7.87. The van der Waals surface area contributed by atoms with Crippen LogP contribution >= 0.6 is 0 Å². The number of nitrogens with one attached hydrogen (secondary N) is 1. The Morgan fingerprint density at radius 2 is 2.39 bits per heavy atom. The summed E-state index contributed by atoms with van der Waals surface area (Å²) in [6.07, 6.45) is 4.57. The lowest BCUT2D eigenvalue weighted by Gasteiger charge is -2.19. The summed E-state index contributed by atoms with van der Waals surface area (Å²) in [6.45, 7) is 2.75. The van der Waals surface area contributed by atoms with Crippen molar-refractivity contribution in [3.63, 3.8) is 0 Å². The molecule has 0 spiro atoms. The number of rotatable bonds is 6. The molecule has 1 aliphatic rings. The van der Waals surface area contributed by atoms with Gasteiger partial charge in [-0.1, -0.05) is 11.2 Å². The van der Waals surface area contributed by atoms with Crippen LogP contribution in [-0.4, -0.2) is 39.8 Å². The van der Waals surface area contributed by atoms with Crippen LogP contribution in [0.3, 0.4) is 0 Å². The largest absolute Gasteiger partial charge is 0.376 e. The molecule has 0 aromatic carbocycles. The first-order chi connectivity index (χ1) is 11.2. The molecule has 23 heavy (non-hydrogen) atoms. The summed E-state index contributed by atoms with van der Waals surface area (Å²) in [5.74, 6) is 0.838. The van der Waals surface area contributed by atoms with Gasteiger partial charge in [-0.05, 0) is 31.9 Å². The van der Waals surface area contributed by atoms with Crippen LogP contribution in [0, 0.1) is 0 Å². The second-order valence-corrected chi connectivity index (χ2v) is 5.63. The van der Waals surface area contributed by atoms with Gasteiger partial charge in [-0.15, -0.1) is 0 Å². The molecule has 1 aliphatic heterocycles. The zero-order valence-corrected chi connectivity index (χ0v) is 13.1. The summed E-state index contributed by atoms with van der Waals surface area (Å²) in [5, 5.41) is 6.85. The molecule has 0 saturated carbocycles. The third-order valence-corrected chi connectivity index (χ3v) is 3.84. The quantitative estimate of drug-likeness (QED) is 0.873. The van der Waals surface area contributed by atoms with Gasteiger partial charge in [-0.2, -0.15) is 4.98 Å². The summed E-state index contributed by atoms with van der Waals surface area (Å²) in [7, 11) is 0. The van der Waals surface area contributed by atoms with Gasteiger partial charge in [0, 0.05) is 25.6 Å². The van der Waals surface area contributed by atoms with Crippen molar-refractivity contribution in [2.45, 2.75) is 44.8 Å². The van der Waals surface area contributed by atoms with E-state index in [0.29, 0.717) is 30.3 Å². The van der Waals surface area contributed by atoms with Crippen LogP contribution in [0.5, 0.6) is 0 Å². The number of hydrogen-bond acceptors (Lipinski definition) is 6. The van der Waals surface area contributed by atoms with Crippen molar-refractivity contribution in [3.8, 4) is 11.5 Å². The molecule has 7 heteroatoms. The number of pyridine rings is 1. The molecule has 3 heterocycles. The minimum absolute atomic E-state index is 0.0248. The highest BCUT2D eigenvalue weighted by molar-refractivity contribution is 5.76. The Hall–Kier alpha value is -2.28. The van der Waals surface area contributed by atoms with Crippen molar-refractivity contribution >= 4 is 5.91 Å². The average Bonchev–Trinajstić information content (AvgIpc) is 3.25. The molecule has 2 aromatic heterocycles. The second-order valence-electron chi connectivity index (χ2n) is 5.63. The maximum atomic E-state index is 12.0. The lowest BCUT2D eigenvalue weighted by Crippen LogP contribution is -2.40. The van der Waals surface area contributed by atoms with Crippen LogP contribution < -0.4 is 5.32 Å². The molecule has 1 fully saturated rings. The minimum atomic E-state index is -0.0365. The van der Waals surface area contributed by atoms with Crippen LogP contribution in [0.15, 0.2) is 28.9 Å². The zero-order valence-electron chi connectivity index (χ0n) is 13.1. The van der Waals surface area contributed by atoms with E-state index in [9.17, 15) is 4.79 Å². The van der Waals surface area contributed by atoms with Gasteiger partial charge in [0.1, 0.15) is 5.69 Å². The van der Waals surface area contributed by atoms with Gasteiger partial charge in [0.15, 0.2) is 0 Å². The fourth-order valence-corrected chi connectivity index (χ4v) is 2.59. The summed E-state index contributed by atoms with van der Waals surface area (Å²) < 4.78 is 10.7. The number of ether oxygens (including phenoxy) is 1. The maximum Gasteiger partial charge on any atom is 0.227 e. The number of carbonyl (C=O) groups is 1. The fraction of sp³-hybridized carbons (Fsp3) is 0.500. The topological polar surface area (TPSA) is 90.1 Å². The summed E-state index contributed by atoms with van der Waals surface area (Å²) in [5.41, 5.74) is 0.652. The van der Waals surface area contributed by atoms with E-state index in [1.54, 1.807) is 6.20 Å². The van der Waals surface area contributed by atoms with Crippen molar-refractivity contribution < 1.29 is 14.1 Å². The molecule has 7 nitrogen and oxygen atoms in total. The van der Waals surface area contributed by atoms with Gasteiger partial charge >= 0.3 is 0 Å². The molecule has 1 saturated heterocycles. The lowest BCUT2D eigenvalue weighted by molar-refractivity contribution is -0.122. The van der Waals surface area contributed by atoms with Crippen molar-refractivity contribution in [3.05, 3.63) is 30.3 Å². The van der Waals surface area contributed by atoms with Crippen molar-refractivity contribution in [2.75, 3.05) is 6.61 Å². The highest BCUT2D eigenvalue weighted by Gasteiger charge is 2.23. The SMILES string of the molecule is C[C@H](NC(=O)CCc1nc(-c2ccccn2)no1)[C@@H]1CCCO1. The number of carbonyl (C=O) groups excluding carboxylic acids is 1. The van der Waals surface area contributed by atoms with Crippen LogP contribution in [0.1, 0.15) is 32.1 Å². The predicted octanol–water partition coefficient (Wildman–Crippen LogP) is 1.75. The number of hydrogen-bond donors (Lipinski definition) is 1. The van der Waals surface area contributed by atoms with Gasteiger partial charge in [0.2, 0.25) is 17.6 Å². The fourth-order valence-electron chi connectivity index (χ4n) is 2.59. The summed E-state index contributed by atoms with van der Waals surface area (Å²) in [4.78, 5) is 20.4. The molecule has 2 atom stereocenters. The molecule has 1 N–H and O–H groups in total. The lowest BCUT2D eigenvalue weighted by atomic mass is 10.1. The van der Waals surface area contributed by atoms with Gasteiger partial charge in [-0.3, -0.25) is 9.78 Å². The van der Waals surface area contributed by atoms with Gasteiger partial charge < -0.3 is 14.6 Å². The van der Waals surface area contributed by atoms with E-state index in [-0.39, 0.29) is 18.1 Å². The summed E-state index contributed by atoms with van der Waals surface area (Å²) in [6, 6.07) is 5.52.